The molecule has 78 heavy (non-hydrogen) atoms. The van der Waals surface area contributed by atoms with Gasteiger partial charge in [-0.3, -0.25) is 14.4 Å². The molecule has 0 aromatic carbocycles. The molecule has 0 aromatic heterocycles. The van der Waals surface area contributed by atoms with Gasteiger partial charge in [-0.25, -0.2) is 0 Å². The van der Waals surface area contributed by atoms with Crippen LogP contribution in [-0.2, 0) is 28.6 Å². The van der Waals surface area contributed by atoms with Crippen LogP contribution in [0.4, 0.5) is 0 Å². The first-order chi connectivity index (χ1) is 38.5. The van der Waals surface area contributed by atoms with Gasteiger partial charge < -0.3 is 14.2 Å². The minimum absolute atomic E-state index is 0.0681. The van der Waals surface area contributed by atoms with Crippen LogP contribution >= 0.6 is 0 Å². The molecule has 0 aromatic rings. The second-order valence-electron chi connectivity index (χ2n) is 23.4. The number of unbranched alkanes of at least 4 members (excludes halogenated alkanes) is 45. The van der Waals surface area contributed by atoms with Crippen molar-refractivity contribution in [3.05, 3.63) is 48.6 Å². The number of carbonyl (C=O) groups is 3. The Labute approximate surface area is 486 Å². The Morgan fingerprint density at radius 1 is 0.269 bits per heavy atom. The van der Waals surface area contributed by atoms with E-state index in [1.54, 1.807) is 0 Å². The Bertz CT molecular complexity index is 1350. The fourth-order valence-corrected chi connectivity index (χ4v) is 10.4. The summed E-state index contributed by atoms with van der Waals surface area (Å²) in [6, 6.07) is 0. The third-order valence-corrected chi connectivity index (χ3v) is 15.6. The summed E-state index contributed by atoms with van der Waals surface area (Å²) in [4.78, 5) is 38.4. The van der Waals surface area contributed by atoms with Crippen molar-refractivity contribution in [2.24, 2.45) is 0 Å². The number of rotatable bonds is 64. The van der Waals surface area contributed by atoms with Gasteiger partial charge in [0.25, 0.3) is 0 Å². The van der Waals surface area contributed by atoms with Crippen molar-refractivity contribution in [3.63, 3.8) is 0 Å². The third kappa shape index (κ3) is 64.2. The molecule has 0 N–H and O–H groups in total. The lowest BCUT2D eigenvalue weighted by atomic mass is 10.0. The lowest BCUT2D eigenvalue weighted by Gasteiger charge is -2.18. The summed E-state index contributed by atoms with van der Waals surface area (Å²) in [5.41, 5.74) is 0. The van der Waals surface area contributed by atoms with E-state index in [1.807, 2.05) is 0 Å². The number of carbonyl (C=O) groups excluding carboxylic acids is 3. The monoisotopic (exact) mass is 1090 g/mol. The highest BCUT2D eigenvalue weighted by atomic mass is 16.6. The molecule has 0 aliphatic rings. The molecular weight excluding hydrogens is 961 g/mol. The fraction of sp³-hybridized carbons (Fsp3) is 0.847. The summed E-state index contributed by atoms with van der Waals surface area (Å²) in [7, 11) is 0. The van der Waals surface area contributed by atoms with E-state index in [-0.39, 0.29) is 31.1 Å². The van der Waals surface area contributed by atoms with Gasteiger partial charge in [-0.1, -0.05) is 345 Å². The van der Waals surface area contributed by atoms with Gasteiger partial charge in [0, 0.05) is 19.3 Å². The fourth-order valence-electron chi connectivity index (χ4n) is 10.4. The van der Waals surface area contributed by atoms with E-state index < -0.39 is 6.10 Å². The van der Waals surface area contributed by atoms with Gasteiger partial charge in [-0.15, -0.1) is 0 Å². The Morgan fingerprint density at radius 3 is 0.782 bits per heavy atom. The zero-order valence-electron chi connectivity index (χ0n) is 52.5. The summed E-state index contributed by atoms with van der Waals surface area (Å²) < 4.78 is 17.0. The first kappa shape index (κ1) is 75.4. The number of allylic oxidation sites excluding steroid dienone is 8. The lowest BCUT2D eigenvalue weighted by molar-refractivity contribution is -0.167. The molecule has 0 radical (unpaired) electrons. The predicted octanol–water partition coefficient (Wildman–Crippen LogP) is 23.7. The highest BCUT2D eigenvalue weighted by Gasteiger charge is 2.19. The molecule has 0 saturated heterocycles. The van der Waals surface area contributed by atoms with Gasteiger partial charge in [0.05, 0.1) is 0 Å². The zero-order chi connectivity index (χ0) is 56.4. The topological polar surface area (TPSA) is 78.9 Å². The quantitative estimate of drug-likeness (QED) is 0.0261. The molecule has 0 aliphatic carbocycles. The molecule has 6 nitrogen and oxygen atoms in total. The Morgan fingerprint density at radius 2 is 0.500 bits per heavy atom. The van der Waals surface area contributed by atoms with Gasteiger partial charge in [0.15, 0.2) is 6.10 Å². The maximum absolute atomic E-state index is 13.0. The second kappa shape index (κ2) is 66.9. The minimum atomic E-state index is -0.772. The van der Waals surface area contributed by atoms with E-state index in [1.165, 1.54) is 250 Å². The standard InChI is InChI=1S/C72H132O6/c1-4-7-10-13-16-19-22-25-28-31-33-35-36-38-39-41-44-47-50-53-56-59-62-65-71(74)77-68-69(67-76-70(73)64-61-58-55-52-49-46-43-30-27-24-21-18-15-12-9-6-3)78-72(75)66-63-60-57-54-51-48-45-42-40-37-34-32-29-26-23-20-17-14-11-8-5-2/h7,10,16,19,25,28,33,35,69H,4-6,8-9,11-15,17-18,20-24,26-27,29-32,34,36-68H2,1-3H3/b10-7-,19-16-,28-25-,35-33-. The summed E-state index contributed by atoms with van der Waals surface area (Å²) in [5, 5.41) is 0. The summed E-state index contributed by atoms with van der Waals surface area (Å²) >= 11 is 0. The first-order valence-electron chi connectivity index (χ1n) is 34.6. The number of ether oxygens (including phenoxy) is 3. The normalized spacial score (nSPS) is 12.3. The van der Waals surface area contributed by atoms with Gasteiger partial charge in [-0.2, -0.15) is 0 Å². The van der Waals surface area contributed by atoms with E-state index in [9.17, 15) is 14.4 Å². The van der Waals surface area contributed by atoms with Crippen molar-refractivity contribution in [2.45, 2.75) is 380 Å². The molecule has 6 heteroatoms. The van der Waals surface area contributed by atoms with Gasteiger partial charge in [0.2, 0.25) is 0 Å². The molecule has 0 fully saturated rings. The van der Waals surface area contributed by atoms with Gasteiger partial charge in [-0.05, 0) is 57.8 Å². The molecular formula is C72H132O6. The maximum atomic E-state index is 13.0. The highest BCUT2D eigenvalue weighted by Crippen LogP contribution is 2.18. The molecule has 0 bridgehead atoms. The predicted molar refractivity (Wildman–Crippen MR) is 339 cm³/mol. The van der Waals surface area contributed by atoms with E-state index in [0.717, 1.165) is 83.5 Å². The van der Waals surface area contributed by atoms with Crippen molar-refractivity contribution < 1.29 is 28.6 Å². The smallest absolute Gasteiger partial charge is 0.306 e. The number of hydrogen-bond acceptors (Lipinski definition) is 6. The van der Waals surface area contributed by atoms with Gasteiger partial charge >= 0.3 is 17.9 Å². The SMILES string of the molecule is CC/C=C\C/C=C\C/C=C\C/C=C\CCCCCCCCCCCCC(=O)OCC(COC(=O)CCCCCCCCCCCCCCCCCC)OC(=O)CCCCCCCCCCCCCCCCCCCCCCC. The molecule has 1 unspecified atom stereocenters. The third-order valence-electron chi connectivity index (χ3n) is 15.6. The maximum Gasteiger partial charge on any atom is 0.306 e. The van der Waals surface area contributed by atoms with Crippen LogP contribution in [-0.4, -0.2) is 37.2 Å². The van der Waals surface area contributed by atoms with Crippen molar-refractivity contribution in [2.75, 3.05) is 13.2 Å². The van der Waals surface area contributed by atoms with Gasteiger partial charge in [0.1, 0.15) is 13.2 Å². The summed E-state index contributed by atoms with van der Waals surface area (Å²) in [6.45, 7) is 6.60. The van der Waals surface area contributed by atoms with Crippen molar-refractivity contribution >= 4 is 17.9 Å². The lowest BCUT2D eigenvalue weighted by Crippen LogP contribution is -2.30. The largest absolute Gasteiger partial charge is 0.462 e. The van der Waals surface area contributed by atoms with Crippen LogP contribution in [0.2, 0.25) is 0 Å². The van der Waals surface area contributed by atoms with E-state index in [2.05, 4.69) is 69.4 Å². The van der Waals surface area contributed by atoms with E-state index >= 15 is 0 Å². The highest BCUT2D eigenvalue weighted by molar-refractivity contribution is 5.71. The van der Waals surface area contributed by atoms with Crippen LogP contribution in [0.15, 0.2) is 48.6 Å². The Kier molecular flexibility index (Phi) is 64.6. The van der Waals surface area contributed by atoms with Crippen LogP contribution < -0.4 is 0 Å². The van der Waals surface area contributed by atoms with Crippen LogP contribution in [0.1, 0.15) is 374 Å². The van der Waals surface area contributed by atoms with Crippen LogP contribution in [0.3, 0.4) is 0 Å². The molecule has 0 spiro atoms. The average Bonchev–Trinajstić information content (AvgIpc) is 3.44. The molecule has 0 heterocycles. The number of hydrogen-bond donors (Lipinski definition) is 0. The summed E-state index contributed by atoms with van der Waals surface area (Å²) in [6.07, 6.45) is 84.1. The molecule has 0 aliphatic heterocycles. The molecule has 1 atom stereocenters. The molecule has 0 saturated carbocycles. The van der Waals surface area contributed by atoms with Crippen molar-refractivity contribution in [1.82, 2.24) is 0 Å². The average molecular weight is 1090 g/mol. The van der Waals surface area contributed by atoms with Crippen LogP contribution in [0, 0.1) is 0 Å². The van der Waals surface area contributed by atoms with Crippen LogP contribution in [0.25, 0.3) is 0 Å². The Balaban J connectivity index is 4.30. The van der Waals surface area contributed by atoms with Crippen molar-refractivity contribution in [1.29, 1.82) is 0 Å². The summed E-state index contributed by atoms with van der Waals surface area (Å²) in [5.74, 6) is -0.843. The van der Waals surface area contributed by atoms with Crippen LogP contribution in [0.5, 0.6) is 0 Å². The van der Waals surface area contributed by atoms with Crippen molar-refractivity contribution in [3.8, 4) is 0 Å². The van der Waals surface area contributed by atoms with E-state index in [4.69, 9.17) is 14.2 Å². The number of esters is 3. The molecule has 0 rings (SSSR count). The zero-order valence-corrected chi connectivity index (χ0v) is 52.5. The Hall–Kier alpha value is -2.63. The van der Waals surface area contributed by atoms with E-state index in [0.29, 0.717) is 19.3 Å². The molecule has 456 valence electrons. The second-order valence-corrected chi connectivity index (χ2v) is 23.4. The minimum Gasteiger partial charge on any atom is -0.462 e. The first-order valence-corrected chi connectivity index (χ1v) is 34.6. The molecule has 0 amide bonds.